The van der Waals surface area contributed by atoms with E-state index in [4.69, 9.17) is 11.6 Å². The van der Waals surface area contributed by atoms with Gasteiger partial charge in [0.25, 0.3) is 0 Å². The Morgan fingerprint density at radius 1 is 1.45 bits per heavy atom. The Morgan fingerprint density at radius 2 is 2.30 bits per heavy atom. The molecular weight excluding hydrogens is 246 g/mol. The zero-order chi connectivity index (χ0) is 18.4. The molecule has 100 valence electrons. The second-order valence-corrected chi connectivity index (χ2v) is 4.71. The van der Waals surface area contributed by atoms with E-state index in [1.54, 1.807) is 0 Å². The van der Waals surface area contributed by atoms with Crippen LogP contribution in [0, 0.1) is 6.85 Å². The fourth-order valence-electron chi connectivity index (χ4n) is 2.22. The van der Waals surface area contributed by atoms with Crippen LogP contribution >= 0.6 is 0 Å². The van der Waals surface area contributed by atoms with Gasteiger partial charge in [-0.1, -0.05) is 37.4 Å². The lowest BCUT2D eigenvalue weighted by Crippen LogP contribution is -2.12. The summed E-state index contributed by atoms with van der Waals surface area (Å²) in [5, 5.41) is 0. The van der Waals surface area contributed by atoms with Crippen LogP contribution in [0.3, 0.4) is 0 Å². The summed E-state index contributed by atoms with van der Waals surface area (Å²) in [5.74, 6) is 0.753. The number of nitrogens with zero attached hydrogens (tertiary/aromatic N) is 1. The van der Waals surface area contributed by atoms with Crippen molar-refractivity contribution >= 4 is 11.1 Å². The molecule has 2 heterocycles. The highest BCUT2D eigenvalue weighted by Gasteiger charge is 2.27. The highest BCUT2D eigenvalue weighted by molar-refractivity contribution is 5.77. The third-order valence-corrected chi connectivity index (χ3v) is 3.30. The van der Waals surface area contributed by atoms with Gasteiger partial charge in [-0.2, -0.15) is 0 Å². The van der Waals surface area contributed by atoms with Gasteiger partial charge >= 0.3 is 0 Å². The zero-order valence-corrected chi connectivity index (χ0v) is 10.9. The third-order valence-electron chi connectivity index (χ3n) is 3.30. The average Bonchev–Trinajstić information content (AvgIpc) is 2.85. The molecule has 3 rings (SSSR count). The predicted octanol–water partition coefficient (Wildman–Crippen LogP) is 4.27. The van der Waals surface area contributed by atoms with Gasteiger partial charge < -0.3 is 4.74 Å². The summed E-state index contributed by atoms with van der Waals surface area (Å²) in [6, 6.07) is 7.01. The first kappa shape index (κ1) is 8.05. The summed E-state index contributed by atoms with van der Waals surface area (Å²) < 4.78 is 44.1. The number of para-hydroxylation sites is 1. The minimum Gasteiger partial charge on any atom is -0.485 e. The van der Waals surface area contributed by atoms with Gasteiger partial charge in [-0.25, -0.2) is 0 Å². The number of aryl methyl sites for hydroxylation is 1. The Bertz CT molecular complexity index is 872. The molecule has 1 atom stereocenters. The lowest BCUT2D eigenvalue weighted by Gasteiger charge is -2.13. The van der Waals surface area contributed by atoms with E-state index in [-0.39, 0.29) is 29.4 Å². The Hall–Kier alpha value is -2.35. The number of fused-ring (bicyclic) bond motifs is 1. The number of ether oxygens (including phenoxy) is 1. The number of benzene rings is 1. The Kier molecular flexibility index (Phi) is 2.00. The third kappa shape index (κ3) is 2.25. The summed E-state index contributed by atoms with van der Waals surface area (Å²) in [7, 11) is 0. The van der Waals surface area contributed by atoms with Crippen molar-refractivity contribution in [1.82, 2.24) is 4.98 Å². The van der Waals surface area contributed by atoms with Crippen molar-refractivity contribution in [3.63, 3.8) is 0 Å². The molecule has 0 aliphatic carbocycles. The maximum atomic E-state index is 8.08. The van der Waals surface area contributed by atoms with E-state index in [2.05, 4.69) is 18.1 Å². The first-order valence-electron chi connectivity index (χ1n) is 8.80. The normalized spacial score (nSPS) is 20.9. The first-order chi connectivity index (χ1) is 11.7. The molecule has 0 amide bonds. The standard InChI is InChI=1S/C18H17NO/c1-12-8-9-16(19-11-12)13(2)10-18-14(3)15-6-4-5-7-17(15)20-18/h4-9,11,18H,2-3,10H2,1H3/i1D3,8D,9D. The molecule has 20 heavy (non-hydrogen) atoms. The Balaban J connectivity index is 1.84. The second-order valence-electron chi connectivity index (χ2n) is 4.71. The minimum atomic E-state index is -2.47. The van der Waals surface area contributed by atoms with Gasteiger partial charge in [0.05, 0.1) is 8.44 Å². The van der Waals surface area contributed by atoms with E-state index in [1.807, 2.05) is 24.3 Å². The highest BCUT2D eigenvalue weighted by atomic mass is 16.5. The van der Waals surface area contributed by atoms with Crippen LogP contribution in [0.1, 0.15) is 30.1 Å². The van der Waals surface area contributed by atoms with Crippen molar-refractivity contribution in [2.24, 2.45) is 0 Å². The molecule has 2 aromatic rings. The SMILES string of the molecule is [2H]c1c(C([2H])([2H])[2H])cnc(C(=C)CC2Oc3ccccc3C2=C)c1[2H]. The Labute approximate surface area is 126 Å². The van der Waals surface area contributed by atoms with E-state index < -0.39 is 6.85 Å². The Morgan fingerprint density at radius 3 is 3.10 bits per heavy atom. The molecule has 0 N–H and O–H groups in total. The lowest BCUT2D eigenvalue weighted by atomic mass is 9.98. The van der Waals surface area contributed by atoms with Crippen LogP contribution in [-0.2, 0) is 0 Å². The average molecular weight is 268 g/mol. The quantitative estimate of drug-likeness (QED) is 0.829. The van der Waals surface area contributed by atoms with Crippen molar-refractivity contribution in [1.29, 1.82) is 0 Å². The number of hydrogen-bond donors (Lipinski definition) is 0. The summed E-state index contributed by atoms with van der Waals surface area (Å²) >= 11 is 0. The molecule has 0 fully saturated rings. The molecule has 0 saturated heterocycles. The largest absolute Gasteiger partial charge is 0.485 e. The molecule has 2 heteroatoms. The fourth-order valence-corrected chi connectivity index (χ4v) is 2.22. The zero-order valence-electron chi connectivity index (χ0n) is 15.9. The molecule has 0 bridgehead atoms. The molecule has 1 unspecified atom stereocenters. The topological polar surface area (TPSA) is 22.1 Å². The van der Waals surface area contributed by atoms with Crippen LogP contribution in [0.4, 0.5) is 0 Å². The molecular formula is C18H17NO. The highest BCUT2D eigenvalue weighted by Crippen LogP contribution is 2.39. The second kappa shape index (κ2) is 4.97. The van der Waals surface area contributed by atoms with Gasteiger partial charge in [0.1, 0.15) is 11.9 Å². The summed E-state index contributed by atoms with van der Waals surface area (Å²) in [5.41, 5.74) is 2.26. The molecule has 0 spiro atoms. The van der Waals surface area contributed by atoms with Crippen LogP contribution in [0.25, 0.3) is 11.1 Å². The van der Waals surface area contributed by atoms with E-state index in [0.717, 1.165) is 23.1 Å². The number of aromatic nitrogens is 1. The van der Waals surface area contributed by atoms with Crippen LogP contribution in [0.5, 0.6) is 5.75 Å². The molecule has 0 radical (unpaired) electrons. The molecule has 1 aliphatic heterocycles. The predicted molar refractivity (Wildman–Crippen MR) is 82.5 cm³/mol. The summed E-state index contributed by atoms with van der Waals surface area (Å²) in [6.07, 6.45) is 1.17. The molecule has 1 aromatic carbocycles. The van der Waals surface area contributed by atoms with Crippen molar-refractivity contribution in [3.05, 3.63) is 72.5 Å². The maximum Gasteiger partial charge on any atom is 0.128 e. The maximum absolute atomic E-state index is 8.08. The summed E-state index contributed by atoms with van der Waals surface area (Å²) in [4.78, 5) is 4.07. The molecule has 2 nitrogen and oxygen atoms in total. The van der Waals surface area contributed by atoms with Gasteiger partial charge in [0, 0.05) is 22.3 Å². The number of rotatable bonds is 3. The lowest BCUT2D eigenvalue weighted by molar-refractivity contribution is 0.282. The molecule has 0 saturated carbocycles. The summed E-state index contributed by atoms with van der Waals surface area (Å²) in [6.45, 7) is 5.55. The van der Waals surface area contributed by atoms with Crippen LogP contribution in [0.15, 0.2) is 55.7 Å². The first-order valence-corrected chi connectivity index (χ1v) is 6.30. The fraction of sp³-hybridized carbons (Fsp3) is 0.167. The number of hydrogen-bond acceptors (Lipinski definition) is 2. The molecule has 1 aliphatic rings. The smallest absolute Gasteiger partial charge is 0.128 e. The van der Waals surface area contributed by atoms with Gasteiger partial charge in [0.2, 0.25) is 0 Å². The van der Waals surface area contributed by atoms with E-state index in [1.165, 1.54) is 0 Å². The van der Waals surface area contributed by atoms with E-state index in [9.17, 15) is 0 Å². The van der Waals surface area contributed by atoms with Crippen LogP contribution < -0.4 is 4.74 Å². The van der Waals surface area contributed by atoms with E-state index >= 15 is 0 Å². The van der Waals surface area contributed by atoms with Crippen molar-refractivity contribution in [2.75, 3.05) is 0 Å². The van der Waals surface area contributed by atoms with Crippen molar-refractivity contribution in [3.8, 4) is 5.75 Å². The van der Waals surface area contributed by atoms with Gasteiger partial charge in [-0.05, 0) is 35.7 Å². The van der Waals surface area contributed by atoms with Gasteiger partial charge in [-0.15, -0.1) is 0 Å². The van der Waals surface area contributed by atoms with Gasteiger partial charge in [-0.3, -0.25) is 4.98 Å². The van der Waals surface area contributed by atoms with Crippen molar-refractivity contribution in [2.45, 2.75) is 19.4 Å². The van der Waals surface area contributed by atoms with Crippen LogP contribution in [0.2, 0.25) is 0 Å². The number of pyridine rings is 1. The van der Waals surface area contributed by atoms with Gasteiger partial charge in [0.15, 0.2) is 0 Å². The minimum absolute atomic E-state index is 0.213. The van der Waals surface area contributed by atoms with Crippen LogP contribution in [-0.4, -0.2) is 11.1 Å². The molecule has 1 aromatic heterocycles. The van der Waals surface area contributed by atoms with Crippen molar-refractivity contribution < 1.29 is 11.6 Å². The monoisotopic (exact) mass is 268 g/mol. The van der Waals surface area contributed by atoms with E-state index in [0.29, 0.717) is 12.0 Å².